The molecule has 0 bridgehead atoms. The Labute approximate surface area is 113 Å². The van der Waals surface area contributed by atoms with Gasteiger partial charge in [0.2, 0.25) is 5.95 Å². The summed E-state index contributed by atoms with van der Waals surface area (Å²) in [4.78, 5) is 10.8. The minimum absolute atomic E-state index is 0.407. The van der Waals surface area contributed by atoms with Gasteiger partial charge < -0.3 is 9.73 Å². The molecule has 0 saturated carbocycles. The van der Waals surface area contributed by atoms with Crippen molar-refractivity contribution in [3.05, 3.63) is 35.1 Å². The second-order valence-corrected chi connectivity index (χ2v) is 5.34. The number of hydrogen-bond donors (Lipinski definition) is 3. The Morgan fingerprint density at radius 2 is 2.32 bits per heavy atom. The summed E-state index contributed by atoms with van der Waals surface area (Å²) in [7, 11) is 0. The van der Waals surface area contributed by atoms with Gasteiger partial charge in [-0.1, -0.05) is 0 Å². The summed E-state index contributed by atoms with van der Waals surface area (Å²) in [6.07, 6.45) is 3.35. The molecule has 0 unspecified atom stereocenters. The first-order valence-electron chi connectivity index (χ1n) is 5.76. The molecule has 0 radical (unpaired) electrons. The molecule has 3 aromatic rings. The third kappa shape index (κ3) is 2.38. The monoisotopic (exact) mass is 275 g/mol. The van der Waals surface area contributed by atoms with Crippen molar-refractivity contribution in [1.29, 1.82) is 0 Å². The maximum absolute atomic E-state index is 5.39. The van der Waals surface area contributed by atoms with Crippen LogP contribution in [-0.4, -0.2) is 9.97 Å². The number of nitrogens with zero attached hydrogens (tertiary/aromatic N) is 2. The molecule has 7 heteroatoms. The highest BCUT2D eigenvalue weighted by atomic mass is 32.1. The van der Waals surface area contributed by atoms with Crippen molar-refractivity contribution in [3.63, 3.8) is 0 Å². The fraction of sp³-hybridized carbons (Fsp3) is 0.167. The van der Waals surface area contributed by atoms with Crippen LogP contribution in [0.25, 0.3) is 10.2 Å². The van der Waals surface area contributed by atoms with Crippen LogP contribution >= 0.6 is 11.3 Å². The van der Waals surface area contributed by atoms with Crippen LogP contribution < -0.4 is 16.6 Å². The fourth-order valence-corrected chi connectivity index (χ4v) is 2.70. The number of furan rings is 1. The van der Waals surface area contributed by atoms with Gasteiger partial charge in [0.25, 0.3) is 0 Å². The van der Waals surface area contributed by atoms with Crippen LogP contribution in [0, 0.1) is 6.92 Å². The van der Waals surface area contributed by atoms with Gasteiger partial charge in [-0.25, -0.2) is 10.8 Å². The van der Waals surface area contributed by atoms with Gasteiger partial charge in [-0.3, -0.25) is 5.43 Å². The van der Waals surface area contributed by atoms with E-state index in [1.165, 1.54) is 4.88 Å². The number of aryl methyl sites for hydroxylation is 1. The van der Waals surface area contributed by atoms with Crippen LogP contribution in [0.5, 0.6) is 0 Å². The molecule has 6 nitrogen and oxygen atoms in total. The standard InChI is InChI=1S/C12H13N5OS/c1-7-4-9-10(14-5-8-2-3-18-6-8)15-12(17-13)16-11(9)19-7/h2-4,6H,5,13H2,1H3,(H2,14,15,16,17). The smallest absolute Gasteiger partial charge is 0.240 e. The molecule has 0 aliphatic carbocycles. The van der Waals surface area contributed by atoms with E-state index in [4.69, 9.17) is 10.3 Å². The average molecular weight is 275 g/mol. The summed E-state index contributed by atoms with van der Waals surface area (Å²) in [6.45, 7) is 2.68. The summed E-state index contributed by atoms with van der Waals surface area (Å²) >= 11 is 1.61. The number of anilines is 2. The van der Waals surface area contributed by atoms with E-state index in [1.807, 2.05) is 13.0 Å². The van der Waals surface area contributed by atoms with E-state index in [2.05, 4.69) is 26.8 Å². The minimum Gasteiger partial charge on any atom is -0.472 e. The number of aromatic nitrogens is 2. The summed E-state index contributed by atoms with van der Waals surface area (Å²) in [5.74, 6) is 6.57. The largest absolute Gasteiger partial charge is 0.472 e. The predicted octanol–water partition coefficient (Wildman–Crippen LogP) is 2.49. The van der Waals surface area contributed by atoms with Gasteiger partial charge in [-0.2, -0.15) is 4.98 Å². The molecular weight excluding hydrogens is 262 g/mol. The van der Waals surface area contributed by atoms with Gasteiger partial charge in [-0.05, 0) is 19.1 Å². The lowest BCUT2D eigenvalue weighted by molar-refractivity contribution is 0.564. The normalized spacial score (nSPS) is 10.8. The second kappa shape index (κ2) is 4.87. The van der Waals surface area contributed by atoms with Gasteiger partial charge in [0.1, 0.15) is 10.6 Å². The Bertz CT molecular complexity index is 692. The molecule has 0 aromatic carbocycles. The molecule has 0 amide bonds. The van der Waals surface area contributed by atoms with Crippen molar-refractivity contribution >= 4 is 33.3 Å². The zero-order valence-corrected chi connectivity index (χ0v) is 11.1. The van der Waals surface area contributed by atoms with Crippen molar-refractivity contribution in [1.82, 2.24) is 9.97 Å². The molecule has 19 heavy (non-hydrogen) atoms. The number of hydrazine groups is 1. The van der Waals surface area contributed by atoms with Crippen LogP contribution in [0.3, 0.4) is 0 Å². The van der Waals surface area contributed by atoms with E-state index in [9.17, 15) is 0 Å². The van der Waals surface area contributed by atoms with Crippen molar-refractivity contribution in [2.45, 2.75) is 13.5 Å². The fourth-order valence-electron chi connectivity index (χ4n) is 1.82. The van der Waals surface area contributed by atoms with E-state index in [-0.39, 0.29) is 0 Å². The molecule has 3 rings (SSSR count). The highest BCUT2D eigenvalue weighted by molar-refractivity contribution is 7.18. The lowest BCUT2D eigenvalue weighted by atomic mass is 10.3. The van der Waals surface area contributed by atoms with Gasteiger partial charge in [0.15, 0.2) is 0 Å². The first-order valence-corrected chi connectivity index (χ1v) is 6.57. The first-order chi connectivity index (χ1) is 9.26. The predicted molar refractivity (Wildman–Crippen MR) is 76.0 cm³/mol. The highest BCUT2D eigenvalue weighted by Crippen LogP contribution is 2.29. The van der Waals surface area contributed by atoms with Gasteiger partial charge >= 0.3 is 0 Å². The number of thiophene rings is 1. The molecular formula is C12H13N5OS. The summed E-state index contributed by atoms with van der Waals surface area (Å²) in [5.41, 5.74) is 3.54. The van der Waals surface area contributed by atoms with Crippen LogP contribution in [0.1, 0.15) is 10.4 Å². The lowest BCUT2D eigenvalue weighted by Gasteiger charge is -2.07. The van der Waals surface area contributed by atoms with Crippen LogP contribution in [0.4, 0.5) is 11.8 Å². The van der Waals surface area contributed by atoms with Gasteiger partial charge in [0.05, 0.1) is 17.9 Å². The summed E-state index contributed by atoms with van der Waals surface area (Å²) < 4.78 is 5.04. The first kappa shape index (κ1) is 11.9. The maximum atomic E-state index is 5.39. The van der Waals surface area contributed by atoms with Crippen LogP contribution in [-0.2, 0) is 6.54 Å². The lowest BCUT2D eigenvalue weighted by Crippen LogP contribution is -2.12. The SMILES string of the molecule is Cc1cc2c(NCc3ccoc3)nc(NN)nc2s1. The molecule has 0 fully saturated rings. The van der Waals surface area contributed by atoms with Crippen LogP contribution in [0.2, 0.25) is 0 Å². The molecule has 3 heterocycles. The maximum Gasteiger partial charge on any atom is 0.240 e. The zero-order valence-electron chi connectivity index (χ0n) is 10.3. The summed E-state index contributed by atoms with van der Waals surface area (Å²) in [5, 5.41) is 4.28. The van der Waals surface area contributed by atoms with E-state index >= 15 is 0 Å². The number of fused-ring (bicyclic) bond motifs is 1. The van der Waals surface area contributed by atoms with Crippen LogP contribution in [0.15, 0.2) is 29.1 Å². The average Bonchev–Trinajstić information content (AvgIpc) is 3.03. The molecule has 0 spiro atoms. The Morgan fingerprint density at radius 3 is 3.05 bits per heavy atom. The molecule has 0 aliphatic heterocycles. The number of nitrogens with one attached hydrogen (secondary N) is 2. The molecule has 0 saturated heterocycles. The Kier molecular flexibility index (Phi) is 3.06. The van der Waals surface area contributed by atoms with Gasteiger partial charge in [-0.15, -0.1) is 11.3 Å². The molecule has 98 valence electrons. The number of nitrogens with two attached hydrogens (primary N) is 1. The number of rotatable bonds is 4. The highest BCUT2D eigenvalue weighted by Gasteiger charge is 2.10. The van der Waals surface area contributed by atoms with E-state index in [0.717, 1.165) is 21.6 Å². The molecule has 3 aromatic heterocycles. The Balaban J connectivity index is 1.96. The number of hydrogen-bond acceptors (Lipinski definition) is 7. The molecule has 0 atom stereocenters. The second-order valence-electron chi connectivity index (χ2n) is 4.10. The minimum atomic E-state index is 0.407. The van der Waals surface area contributed by atoms with E-state index in [1.54, 1.807) is 23.9 Å². The van der Waals surface area contributed by atoms with Crippen molar-refractivity contribution in [2.75, 3.05) is 10.7 Å². The topological polar surface area (TPSA) is 89.0 Å². The Morgan fingerprint density at radius 1 is 1.42 bits per heavy atom. The van der Waals surface area contributed by atoms with Crippen molar-refractivity contribution in [3.8, 4) is 0 Å². The summed E-state index contributed by atoms with van der Waals surface area (Å²) in [6, 6.07) is 3.98. The Hall–Kier alpha value is -2.12. The number of nitrogen functional groups attached to an aromatic ring is 1. The zero-order chi connectivity index (χ0) is 13.2. The quantitative estimate of drug-likeness (QED) is 0.501. The molecule has 4 N–H and O–H groups in total. The van der Waals surface area contributed by atoms with Crippen molar-refractivity contribution in [2.24, 2.45) is 5.84 Å². The van der Waals surface area contributed by atoms with E-state index in [0.29, 0.717) is 12.5 Å². The molecule has 0 aliphatic rings. The van der Waals surface area contributed by atoms with E-state index < -0.39 is 0 Å². The third-order valence-corrected chi connectivity index (χ3v) is 3.63. The van der Waals surface area contributed by atoms with Crippen molar-refractivity contribution < 1.29 is 4.42 Å². The third-order valence-electron chi connectivity index (χ3n) is 2.69. The van der Waals surface area contributed by atoms with Gasteiger partial charge in [0, 0.05) is 17.0 Å².